The predicted molar refractivity (Wildman–Crippen MR) is 122 cm³/mol. The molecule has 4 rings (SSSR count). The third kappa shape index (κ3) is 5.32. The second-order valence-electron chi connectivity index (χ2n) is 9.33. The van der Waals surface area contributed by atoms with Gasteiger partial charge in [0, 0.05) is 5.92 Å². The van der Waals surface area contributed by atoms with E-state index in [2.05, 4.69) is 0 Å². The number of methoxy groups -OCH3 is 1. The molecule has 0 saturated heterocycles. The van der Waals surface area contributed by atoms with E-state index in [1.165, 1.54) is 6.07 Å². The van der Waals surface area contributed by atoms with Crippen molar-refractivity contribution in [1.29, 1.82) is 0 Å². The van der Waals surface area contributed by atoms with Crippen LogP contribution < -0.4 is 9.47 Å². The Balaban J connectivity index is 1.33. The van der Waals surface area contributed by atoms with E-state index in [4.69, 9.17) is 9.47 Å². The molecule has 2 saturated carbocycles. The van der Waals surface area contributed by atoms with Crippen LogP contribution in [0, 0.1) is 23.6 Å². The van der Waals surface area contributed by atoms with Crippen LogP contribution in [0.25, 0.3) is 0 Å². The summed E-state index contributed by atoms with van der Waals surface area (Å²) < 4.78 is 25.7. The van der Waals surface area contributed by atoms with E-state index in [0.29, 0.717) is 24.2 Å². The van der Waals surface area contributed by atoms with Gasteiger partial charge in [0.25, 0.3) is 0 Å². The molecule has 0 bridgehead atoms. The van der Waals surface area contributed by atoms with Gasteiger partial charge in [0.05, 0.1) is 20.3 Å². The predicted octanol–water partition coefficient (Wildman–Crippen LogP) is 5.49. The van der Waals surface area contributed by atoms with Crippen LogP contribution in [-0.4, -0.2) is 31.7 Å². The fourth-order valence-electron chi connectivity index (χ4n) is 5.19. The normalized spacial score (nSPS) is 22.7. The second-order valence-corrected chi connectivity index (χ2v) is 9.33. The molecule has 172 valence electrons. The highest BCUT2D eigenvalue weighted by molar-refractivity contribution is 5.57. The minimum absolute atomic E-state index is 0.0641. The number of halogens is 1. The van der Waals surface area contributed by atoms with E-state index in [1.54, 1.807) is 13.2 Å². The molecule has 32 heavy (non-hydrogen) atoms. The van der Waals surface area contributed by atoms with Gasteiger partial charge in [0.2, 0.25) is 0 Å². The Bertz CT molecular complexity index is 902. The van der Waals surface area contributed by atoms with Gasteiger partial charge in [-0.1, -0.05) is 12.1 Å². The third-order valence-corrected chi connectivity index (χ3v) is 7.20. The first-order valence-electron chi connectivity index (χ1n) is 11.7. The van der Waals surface area contributed by atoms with Crippen molar-refractivity contribution in [1.82, 2.24) is 0 Å². The third-order valence-electron chi connectivity index (χ3n) is 7.20. The van der Waals surface area contributed by atoms with Crippen LogP contribution >= 0.6 is 0 Å². The van der Waals surface area contributed by atoms with Gasteiger partial charge in [-0.2, -0.15) is 0 Å². The van der Waals surface area contributed by atoms with Crippen LogP contribution in [0.15, 0.2) is 42.5 Å². The van der Waals surface area contributed by atoms with Crippen molar-refractivity contribution >= 4 is 6.29 Å². The molecule has 5 heteroatoms. The largest absolute Gasteiger partial charge is 0.497 e. The molecule has 2 aromatic rings. The Morgan fingerprint density at radius 3 is 2.50 bits per heavy atom. The number of benzene rings is 2. The maximum atomic E-state index is 14.3. The topological polar surface area (TPSA) is 55.8 Å². The smallest absolute Gasteiger partial charge is 0.126 e. The highest BCUT2D eigenvalue weighted by Crippen LogP contribution is 2.46. The van der Waals surface area contributed by atoms with E-state index in [9.17, 15) is 14.3 Å². The Morgan fingerprint density at radius 1 is 1.06 bits per heavy atom. The summed E-state index contributed by atoms with van der Waals surface area (Å²) in [6, 6.07) is 13.0. The first-order chi connectivity index (χ1) is 15.6. The zero-order valence-electron chi connectivity index (χ0n) is 18.7. The maximum absolute atomic E-state index is 14.3. The van der Waals surface area contributed by atoms with Crippen molar-refractivity contribution in [3.8, 4) is 11.5 Å². The number of hydrogen-bond donors (Lipinski definition) is 1. The summed E-state index contributed by atoms with van der Waals surface area (Å²) in [5.74, 6) is 2.22. The molecule has 4 nitrogen and oxygen atoms in total. The molecular formula is C27H33FO4. The van der Waals surface area contributed by atoms with E-state index in [1.807, 2.05) is 30.3 Å². The standard InChI is InChI=1S/C27H33FO4/c1-31-23-11-12-26(28)25(14-23)19-7-5-18(6-8-19)17-32-24-4-2-3-21(13-24)27(20-9-10-20)22(15-29)16-30/h2-4,11-15,18-20,22,27,30H,5-10,16-17H2,1H3/t18?,19?,22?,27-/m1/s1. The molecule has 0 heterocycles. The van der Waals surface area contributed by atoms with Gasteiger partial charge in [0.1, 0.15) is 23.6 Å². The quantitative estimate of drug-likeness (QED) is 0.497. The average molecular weight is 441 g/mol. The lowest BCUT2D eigenvalue weighted by atomic mass is 9.79. The number of aliphatic hydroxyl groups excluding tert-OH is 1. The van der Waals surface area contributed by atoms with Crippen molar-refractivity contribution in [2.45, 2.75) is 50.4 Å². The first-order valence-corrected chi connectivity index (χ1v) is 11.7. The minimum atomic E-state index is -0.356. The summed E-state index contributed by atoms with van der Waals surface area (Å²) in [6.45, 7) is 0.523. The van der Waals surface area contributed by atoms with Crippen LogP contribution in [0.3, 0.4) is 0 Å². The average Bonchev–Trinajstić information content (AvgIpc) is 3.67. The fourth-order valence-corrected chi connectivity index (χ4v) is 5.19. The summed E-state index contributed by atoms with van der Waals surface area (Å²) in [5, 5.41) is 9.63. The number of hydrogen-bond acceptors (Lipinski definition) is 4. The Kier molecular flexibility index (Phi) is 7.46. The molecule has 2 aliphatic carbocycles. The maximum Gasteiger partial charge on any atom is 0.126 e. The van der Waals surface area contributed by atoms with Gasteiger partial charge in [-0.15, -0.1) is 0 Å². The van der Waals surface area contributed by atoms with Crippen LogP contribution in [0.1, 0.15) is 61.5 Å². The van der Waals surface area contributed by atoms with Crippen molar-refractivity contribution < 1.29 is 23.8 Å². The van der Waals surface area contributed by atoms with Crippen LogP contribution in [0.5, 0.6) is 11.5 Å². The molecule has 1 unspecified atom stereocenters. The SMILES string of the molecule is COc1ccc(F)c(C2CCC(COc3cccc([C@H](C(C=O)CO)C4CC4)c3)CC2)c1. The molecule has 2 aromatic carbocycles. The molecule has 0 amide bonds. The highest BCUT2D eigenvalue weighted by atomic mass is 19.1. The Morgan fingerprint density at radius 2 is 1.84 bits per heavy atom. The monoisotopic (exact) mass is 440 g/mol. The van der Waals surface area contributed by atoms with Crippen LogP contribution in [0.2, 0.25) is 0 Å². The second kappa shape index (κ2) is 10.5. The summed E-state index contributed by atoms with van der Waals surface area (Å²) in [6.07, 6.45) is 7.00. The van der Waals surface area contributed by atoms with Gasteiger partial charge in [0.15, 0.2) is 0 Å². The molecule has 1 N–H and O–H groups in total. The lowest BCUT2D eigenvalue weighted by Crippen LogP contribution is -2.21. The number of carbonyl (C=O) groups excluding carboxylic acids is 1. The van der Waals surface area contributed by atoms with E-state index >= 15 is 0 Å². The van der Waals surface area contributed by atoms with Crippen molar-refractivity contribution in [3.63, 3.8) is 0 Å². The van der Waals surface area contributed by atoms with E-state index < -0.39 is 0 Å². The number of carbonyl (C=O) groups is 1. The van der Waals surface area contributed by atoms with Crippen LogP contribution in [0.4, 0.5) is 4.39 Å². The summed E-state index contributed by atoms with van der Waals surface area (Å²) in [5.41, 5.74) is 1.84. The molecule has 0 aromatic heterocycles. The summed E-state index contributed by atoms with van der Waals surface area (Å²) in [7, 11) is 1.61. The minimum Gasteiger partial charge on any atom is -0.497 e. The van der Waals surface area contributed by atoms with Gasteiger partial charge in [-0.3, -0.25) is 0 Å². The molecule has 2 fully saturated rings. The Labute approximate surface area is 189 Å². The summed E-state index contributed by atoms with van der Waals surface area (Å²) in [4.78, 5) is 11.5. The first kappa shape index (κ1) is 22.8. The highest BCUT2D eigenvalue weighted by Gasteiger charge is 2.37. The number of aliphatic hydroxyl groups is 1. The van der Waals surface area contributed by atoms with Gasteiger partial charge >= 0.3 is 0 Å². The summed E-state index contributed by atoms with van der Waals surface area (Å²) >= 11 is 0. The van der Waals surface area contributed by atoms with Crippen molar-refractivity contribution in [2.24, 2.45) is 17.8 Å². The number of ether oxygens (including phenoxy) is 2. The molecule has 0 radical (unpaired) electrons. The molecule has 0 spiro atoms. The van der Waals surface area contributed by atoms with Crippen molar-refractivity contribution in [2.75, 3.05) is 20.3 Å². The van der Waals surface area contributed by atoms with Crippen molar-refractivity contribution in [3.05, 3.63) is 59.4 Å². The lowest BCUT2D eigenvalue weighted by Gasteiger charge is -2.29. The zero-order valence-corrected chi connectivity index (χ0v) is 18.7. The molecule has 2 atom stereocenters. The van der Waals surface area contributed by atoms with E-state index in [0.717, 1.165) is 61.7 Å². The van der Waals surface area contributed by atoms with Gasteiger partial charge < -0.3 is 19.4 Å². The zero-order chi connectivity index (χ0) is 22.5. The van der Waals surface area contributed by atoms with E-state index in [-0.39, 0.29) is 30.2 Å². The number of aldehydes is 1. The molecular weight excluding hydrogens is 407 g/mol. The Hall–Kier alpha value is -2.40. The molecule has 0 aliphatic heterocycles. The molecule has 2 aliphatic rings. The van der Waals surface area contributed by atoms with Gasteiger partial charge in [-0.25, -0.2) is 4.39 Å². The van der Waals surface area contributed by atoms with Crippen LogP contribution in [-0.2, 0) is 4.79 Å². The lowest BCUT2D eigenvalue weighted by molar-refractivity contribution is -0.113. The fraction of sp³-hybridized carbons (Fsp3) is 0.519. The van der Waals surface area contributed by atoms with Gasteiger partial charge in [-0.05, 0) is 104 Å². The number of rotatable bonds is 10.